The number of nitrogens with zero attached hydrogens (tertiary/aromatic N) is 5. The largest absolute Gasteiger partial charge is 0.504 e. The Bertz CT molecular complexity index is 5110. The number of hydrogen-bond donors (Lipinski definition) is 4. The Hall–Kier alpha value is -12.3. The Balaban J connectivity index is 0.000000205. The number of carbonyl (C=O) groups is 8. The fourth-order valence-electron chi connectivity index (χ4n) is 14.1. The lowest BCUT2D eigenvalue weighted by atomic mass is 10.1. The number of carbonyl (C=O) groups excluding carboxylic acids is 8. The van der Waals surface area contributed by atoms with Crippen molar-refractivity contribution >= 4 is 113 Å². The normalized spacial score (nSPS) is 15.9. The number of amides is 6. The Labute approximate surface area is 659 Å². The number of benzene rings is 8. The molecule has 8 aromatic carbocycles. The number of fused-ring (bicyclic) bond motifs is 12. The van der Waals surface area contributed by atoms with Gasteiger partial charge in [-0.3, -0.25) is 61.4 Å². The number of rotatable bonds is 25. The third-order valence-corrected chi connectivity index (χ3v) is 20.8. The third-order valence-electron chi connectivity index (χ3n) is 19.7. The van der Waals surface area contributed by atoms with E-state index in [-0.39, 0.29) is 117 Å². The molecule has 6 amide bonds. The maximum atomic E-state index is 14.0. The van der Waals surface area contributed by atoms with Gasteiger partial charge in [-0.15, -0.1) is 0 Å². The highest BCUT2D eigenvalue weighted by molar-refractivity contribution is 7.86. The van der Waals surface area contributed by atoms with Crippen LogP contribution >= 0.6 is 0 Å². The molecular weight excluding hydrogens is 1510 g/mol. The van der Waals surface area contributed by atoms with Gasteiger partial charge in [-0.25, -0.2) is 0 Å². The Morgan fingerprint density at radius 1 is 0.439 bits per heavy atom. The number of esters is 2. The number of nitrogens with one attached hydrogen (secondary N) is 3. The second kappa shape index (κ2) is 35.2. The quantitative estimate of drug-likeness (QED) is 0.0305. The summed E-state index contributed by atoms with van der Waals surface area (Å²) in [6.07, 6.45) is 4.82. The zero-order valence-corrected chi connectivity index (χ0v) is 65.0. The summed E-state index contributed by atoms with van der Waals surface area (Å²) in [7, 11) is 3.55. The van der Waals surface area contributed by atoms with Crippen LogP contribution in [0.25, 0.3) is 0 Å². The maximum absolute atomic E-state index is 14.0. The van der Waals surface area contributed by atoms with Gasteiger partial charge < -0.3 is 64.0 Å². The van der Waals surface area contributed by atoms with Crippen molar-refractivity contribution in [2.24, 2.45) is 0 Å². The van der Waals surface area contributed by atoms with Gasteiger partial charge in [0.1, 0.15) is 31.3 Å². The molecule has 8 aromatic rings. The molecule has 6 heterocycles. The van der Waals surface area contributed by atoms with Crippen LogP contribution in [0.4, 0.5) is 45.5 Å². The van der Waals surface area contributed by atoms with E-state index in [0.717, 1.165) is 51.7 Å². The van der Waals surface area contributed by atoms with Crippen molar-refractivity contribution in [3.8, 4) is 34.5 Å². The van der Waals surface area contributed by atoms with Crippen molar-refractivity contribution in [2.75, 3.05) is 116 Å². The standard InChI is InChI=1S/C48H45N5O10.C17H14N2O4.C16H25NO8S2.CH4/c1-51(15-9-14-44(54)61-4)31-17-27(25-62-42-23-34-32(21-40(42)59-2)47(57)52-36-12-7-5-10-29(36)19-38(52)45(55)49-34)16-28(18-31)26-63-43-24-35-33(22-41(43)60-3)48(58)53-37-13-8-6-11-30(37)20-39(53)46(56)50-35;1-23-15-7-10-11(8-14(15)20)18-16(21)13-6-9-4-2-3-5-12(9)19(13)17(10)22;1-17(7-5-6-16(18)23-2)15-9-13(11-24-26(3,19)20)8-14(10-15)12-25-27(4,21)22;/h5-8,10-13,16-18,21-24,38-39H,9,14-15,19-20,25-26H2,1-4H3,(H,49,55)(H,50,56);2-5,7-8,13,20H,6H2,1H3,(H,18,21);8-10H,5-7,11-12H2,1-4H3;1H4/t38-,39-;13-;;/m00../s1. The van der Waals surface area contributed by atoms with Gasteiger partial charge in [0.2, 0.25) is 17.7 Å². The van der Waals surface area contributed by atoms with E-state index < -0.39 is 38.4 Å². The van der Waals surface area contributed by atoms with Crippen LogP contribution in [0.1, 0.15) is 103 Å². The molecule has 0 fully saturated rings. The van der Waals surface area contributed by atoms with Crippen LogP contribution in [0.2, 0.25) is 0 Å². The molecule has 0 unspecified atom stereocenters. The summed E-state index contributed by atoms with van der Waals surface area (Å²) in [4.78, 5) is 112. The van der Waals surface area contributed by atoms with Gasteiger partial charge in [0.05, 0.1) is 95.0 Å². The number of para-hydroxylation sites is 3. The Morgan fingerprint density at radius 3 is 1.08 bits per heavy atom. The zero-order valence-electron chi connectivity index (χ0n) is 63.4. The zero-order chi connectivity index (χ0) is 80.7. The molecule has 0 aliphatic carbocycles. The fraction of sp³-hybridized carbons (Fsp3) is 0.317. The summed E-state index contributed by atoms with van der Waals surface area (Å²) in [5.74, 6) is -1.06. The van der Waals surface area contributed by atoms with Crippen molar-refractivity contribution in [1.29, 1.82) is 0 Å². The minimum absolute atomic E-state index is 0. The molecule has 114 heavy (non-hydrogen) atoms. The van der Waals surface area contributed by atoms with E-state index >= 15 is 0 Å². The highest BCUT2D eigenvalue weighted by atomic mass is 32.2. The lowest BCUT2D eigenvalue weighted by Crippen LogP contribution is -2.42. The van der Waals surface area contributed by atoms with E-state index in [0.29, 0.717) is 119 Å². The van der Waals surface area contributed by atoms with Crippen molar-refractivity contribution in [2.45, 2.75) is 96.9 Å². The lowest BCUT2D eigenvalue weighted by Gasteiger charge is -2.22. The first-order chi connectivity index (χ1) is 54.0. The van der Waals surface area contributed by atoms with Gasteiger partial charge in [0, 0.05) is 106 Å². The molecule has 4 N–H and O–H groups in total. The highest BCUT2D eigenvalue weighted by Crippen LogP contribution is 2.45. The molecule has 0 bridgehead atoms. The first-order valence-electron chi connectivity index (χ1n) is 35.8. The smallest absolute Gasteiger partial charge is 0.305 e. The van der Waals surface area contributed by atoms with Gasteiger partial charge in [0.15, 0.2) is 34.5 Å². The molecule has 0 aromatic heterocycles. The Kier molecular flexibility index (Phi) is 25.5. The molecular formula is C82H88N8O22S2. The minimum atomic E-state index is -3.62. The second-order valence-corrected chi connectivity index (χ2v) is 30.7. The summed E-state index contributed by atoms with van der Waals surface area (Å²) in [5.41, 5.74) is 10.9. The molecule has 32 heteroatoms. The van der Waals surface area contributed by atoms with Gasteiger partial charge in [0.25, 0.3) is 38.0 Å². The second-order valence-electron chi connectivity index (χ2n) is 27.4. The van der Waals surface area contributed by atoms with Gasteiger partial charge in [-0.2, -0.15) is 16.8 Å². The molecule has 3 atom stereocenters. The van der Waals surface area contributed by atoms with Crippen molar-refractivity contribution in [3.63, 3.8) is 0 Å². The maximum Gasteiger partial charge on any atom is 0.305 e. The number of aromatic hydroxyl groups is 1. The van der Waals surface area contributed by atoms with Crippen molar-refractivity contribution < 1.29 is 102 Å². The predicted octanol–water partition coefficient (Wildman–Crippen LogP) is 9.89. The molecule has 14 rings (SSSR count). The topological polar surface area (TPSA) is 360 Å². The molecule has 30 nitrogen and oxygen atoms in total. The summed E-state index contributed by atoms with van der Waals surface area (Å²) in [5, 5.41) is 18.5. The number of phenols is 1. The average Bonchev–Trinajstić information content (AvgIpc) is 1.61. The van der Waals surface area contributed by atoms with E-state index in [1.54, 1.807) is 59.3 Å². The van der Waals surface area contributed by atoms with Crippen LogP contribution < -0.4 is 64.1 Å². The third kappa shape index (κ3) is 18.6. The summed E-state index contributed by atoms with van der Waals surface area (Å²) < 4.78 is 93.2. The lowest BCUT2D eigenvalue weighted by molar-refractivity contribution is -0.141. The van der Waals surface area contributed by atoms with Crippen LogP contribution in [0.5, 0.6) is 34.5 Å². The molecule has 0 saturated heterocycles. The van der Waals surface area contributed by atoms with E-state index in [1.807, 2.05) is 108 Å². The molecule has 600 valence electrons. The molecule has 0 spiro atoms. The van der Waals surface area contributed by atoms with Gasteiger partial charge >= 0.3 is 11.9 Å². The SMILES string of the molecule is C.COC(=O)CCCN(C)c1cc(COS(C)(=O)=O)cc(COS(C)(=O)=O)c1.COC(=O)CCCN(C)c1cc(COc2cc3c(cc2OC)C(=O)N2c4ccccc4C[C@H]2C(=O)N3)cc(COc2cc3c(cc2OC)C(=O)N2c4ccccc4C[C@H]2C(=O)N3)c1.COc1cc2c(cc1O)NC(=O)[C@@H]1Cc3ccccc3N1C2=O. The summed E-state index contributed by atoms with van der Waals surface area (Å²) in [6, 6.07) is 40.7. The summed E-state index contributed by atoms with van der Waals surface area (Å²) >= 11 is 0. The highest BCUT2D eigenvalue weighted by Gasteiger charge is 2.46. The molecule has 0 saturated carbocycles. The van der Waals surface area contributed by atoms with Gasteiger partial charge in [-0.1, -0.05) is 68.1 Å². The van der Waals surface area contributed by atoms with Crippen LogP contribution in [0.3, 0.4) is 0 Å². The number of ether oxygens (including phenoxy) is 7. The van der Waals surface area contributed by atoms with E-state index in [4.69, 9.17) is 36.8 Å². The van der Waals surface area contributed by atoms with Crippen molar-refractivity contribution in [3.05, 3.63) is 201 Å². The first-order valence-corrected chi connectivity index (χ1v) is 39.5. The molecule has 6 aliphatic heterocycles. The molecule has 0 radical (unpaired) electrons. The monoisotopic (exact) mass is 1600 g/mol. The number of hydrogen-bond acceptors (Lipinski definition) is 24. The first kappa shape index (κ1) is 82.7. The van der Waals surface area contributed by atoms with E-state index in [9.17, 15) is 60.3 Å². The average molecular weight is 1600 g/mol. The number of methoxy groups -OCH3 is 5. The van der Waals surface area contributed by atoms with Crippen molar-refractivity contribution in [1.82, 2.24) is 0 Å². The van der Waals surface area contributed by atoms with E-state index in [1.165, 1.54) is 52.6 Å². The van der Waals surface area contributed by atoms with Crippen LogP contribution in [-0.2, 0) is 108 Å². The van der Waals surface area contributed by atoms with E-state index in [2.05, 4.69) is 20.7 Å². The number of anilines is 8. The number of phenolic OH excluding ortho intramolecular Hbond substituents is 1. The van der Waals surface area contributed by atoms with Crippen LogP contribution in [0, 0.1) is 0 Å². The fourth-order valence-corrected chi connectivity index (χ4v) is 14.8. The van der Waals surface area contributed by atoms with Crippen LogP contribution in [-0.4, -0.2) is 163 Å². The summed E-state index contributed by atoms with van der Waals surface area (Å²) in [6.45, 7) is 0.838. The van der Waals surface area contributed by atoms with Gasteiger partial charge in [-0.05, 0) is 119 Å². The minimum Gasteiger partial charge on any atom is -0.504 e. The van der Waals surface area contributed by atoms with Crippen LogP contribution in [0.15, 0.2) is 146 Å². The Morgan fingerprint density at radius 2 is 0.754 bits per heavy atom. The predicted molar refractivity (Wildman–Crippen MR) is 425 cm³/mol. The molecule has 6 aliphatic rings.